The Labute approximate surface area is 62.8 Å². The molecule has 0 N–H and O–H groups in total. The van der Waals surface area contributed by atoms with E-state index in [0.29, 0.717) is 6.42 Å². The number of terminal acetylenes is 1. The summed E-state index contributed by atoms with van der Waals surface area (Å²) in [5.41, 5.74) is 0. The van der Waals surface area contributed by atoms with Crippen LogP contribution in [0.2, 0.25) is 0 Å². The van der Waals surface area contributed by atoms with Crippen LogP contribution in [-0.4, -0.2) is 6.29 Å². The van der Waals surface area contributed by atoms with E-state index < -0.39 is 0 Å². The molecule has 0 radical (unpaired) electrons. The second-order valence-corrected chi connectivity index (χ2v) is 2.45. The molecule has 0 aromatic carbocycles. The number of carbonyl (C=O) groups excluding carboxylic acids is 1. The molecule has 1 nitrogen and oxygen atoms in total. The lowest BCUT2D eigenvalue weighted by Crippen LogP contribution is -1.99. The maximum absolute atomic E-state index is 10.3. The van der Waals surface area contributed by atoms with Gasteiger partial charge in [0, 0.05) is 12.3 Å². The highest BCUT2D eigenvalue weighted by atomic mass is 16.1. The summed E-state index contributed by atoms with van der Waals surface area (Å²) in [6.45, 7) is 2.11. The maximum Gasteiger partial charge on any atom is 0.124 e. The molecule has 0 bridgehead atoms. The third kappa shape index (κ3) is 4.14. The van der Waals surface area contributed by atoms with Gasteiger partial charge in [-0.3, -0.25) is 0 Å². The van der Waals surface area contributed by atoms with E-state index in [4.69, 9.17) is 6.42 Å². The lowest BCUT2D eigenvalue weighted by molar-refractivity contribution is -0.111. The Bertz CT molecular complexity index is 121. The Balaban J connectivity index is 3.41. The van der Waals surface area contributed by atoms with Crippen molar-refractivity contribution in [3.63, 3.8) is 0 Å². The number of rotatable bonds is 5. The van der Waals surface area contributed by atoms with Gasteiger partial charge in [-0.1, -0.05) is 19.8 Å². The van der Waals surface area contributed by atoms with Crippen molar-refractivity contribution in [1.82, 2.24) is 0 Å². The summed E-state index contributed by atoms with van der Waals surface area (Å²) in [6, 6.07) is 0. The second-order valence-electron chi connectivity index (χ2n) is 2.45. The molecule has 56 valence electrons. The van der Waals surface area contributed by atoms with E-state index in [1.165, 1.54) is 0 Å². The Hall–Kier alpha value is -0.770. The fourth-order valence-corrected chi connectivity index (χ4v) is 0.836. The molecule has 0 fully saturated rings. The largest absolute Gasteiger partial charge is 0.303 e. The molecule has 0 saturated carbocycles. The van der Waals surface area contributed by atoms with Crippen LogP contribution in [-0.2, 0) is 4.79 Å². The summed E-state index contributed by atoms with van der Waals surface area (Å²) < 4.78 is 0. The van der Waals surface area contributed by atoms with Crippen molar-refractivity contribution >= 4 is 6.29 Å². The van der Waals surface area contributed by atoms with Crippen molar-refractivity contribution in [2.45, 2.75) is 32.6 Å². The monoisotopic (exact) mass is 138 g/mol. The molecule has 0 saturated heterocycles. The van der Waals surface area contributed by atoms with E-state index in [0.717, 1.165) is 25.5 Å². The highest BCUT2D eigenvalue weighted by Crippen LogP contribution is 2.08. The van der Waals surface area contributed by atoms with Crippen molar-refractivity contribution in [2.24, 2.45) is 5.92 Å². The molecule has 0 aromatic rings. The molecule has 0 spiro atoms. The van der Waals surface area contributed by atoms with Crippen molar-refractivity contribution in [3.05, 3.63) is 0 Å². The van der Waals surface area contributed by atoms with Gasteiger partial charge in [-0.25, -0.2) is 0 Å². The Morgan fingerprint density at radius 1 is 1.70 bits per heavy atom. The third-order valence-corrected chi connectivity index (χ3v) is 1.50. The molecule has 0 aliphatic heterocycles. The minimum absolute atomic E-state index is 0.102. The molecular formula is C9H14O. The van der Waals surface area contributed by atoms with E-state index in [9.17, 15) is 4.79 Å². The molecule has 1 unspecified atom stereocenters. The van der Waals surface area contributed by atoms with Gasteiger partial charge in [0.2, 0.25) is 0 Å². The lowest BCUT2D eigenvalue weighted by Gasteiger charge is -2.02. The number of hydrogen-bond acceptors (Lipinski definition) is 1. The van der Waals surface area contributed by atoms with Gasteiger partial charge in [0.15, 0.2) is 0 Å². The van der Waals surface area contributed by atoms with Gasteiger partial charge in [0.25, 0.3) is 0 Å². The van der Waals surface area contributed by atoms with Crippen LogP contribution in [0.1, 0.15) is 32.6 Å². The van der Waals surface area contributed by atoms with Gasteiger partial charge >= 0.3 is 0 Å². The molecule has 1 heteroatoms. The standard InChI is InChI=1S/C9H14O/c1-3-5-7-9(8-10)6-4-2/h2,8-9H,3,5-7H2,1H3. The first-order valence-corrected chi connectivity index (χ1v) is 3.73. The SMILES string of the molecule is C#CCC(C=O)CCCC. The smallest absolute Gasteiger partial charge is 0.124 e. The Kier molecular flexibility index (Phi) is 5.86. The van der Waals surface area contributed by atoms with Gasteiger partial charge in [-0.2, -0.15) is 0 Å². The van der Waals surface area contributed by atoms with Gasteiger partial charge < -0.3 is 4.79 Å². The summed E-state index contributed by atoms with van der Waals surface area (Å²) in [5.74, 6) is 2.60. The number of aldehydes is 1. The summed E-state index contributed by atoms with van der Waals surface area (Å²) in [5, 5.41) is 0. The normalized spacial score (nSPS) is 12.0. The molecule has 0 aliphatic carbocycles. The minimum atomic E-state index is 0.102. The molecule has 0 aliphatic rings. The minimum Gasteiger partial charge on any atom is -0.303 e. The zero-order chi connectivity index (χ0) is 7.82. The fraction of sp³-hybridized carbons (Fsp3) is 0.667. The van der Waals surface area contributed by atoms with Crippen molar-refractivity contribution < 1.29 is 4.79 Å². The van der Waals surface area contributed by atoms with Crippen LogP contribution in [0, 0.1) is 18.3 Å². The van der Waals surface area contributed by atoms with Crippen LogP contribution in [0.25, 0.3) is 0 Å². The van der Waals surface area contributed by atoms with Crippen molar-refractivity contribution in [1.29, 1.82) is 0 Å². The summed E-state index contributed by atoms with van der Waals surface area (Å²) in [6.07, 6.45) is 9.82. The van der Waals surface area contributed by atoms with Crippen molar-refractivity contribution in [2.75, 3.05) is 0 Å². The van der Waals surface area contributed by atoms with Gasteiger partial charge in [0.1, 0.15) is 6.29 Å². The van der Waals surface area contributed by atoms with E-state index in [1.54, 1.807) is 0 Å². The van der Waals surface area contributed by atoms with Crippen molar-refractivity contribution in [3.8, 4) is 12.3 Å². The van der Waals surface area contributed by atoms with Gasteiger partial charge in [-0.15, -0.1) is 12.3 Å². The molecule has 0 amide bonds. The Morgan fingerprint density at radius 3 is 2.80 bits per heavy atom. The van der Waals surface area contributed by atoms with Crippen LogP contribution < -0.4 is 0 Å². The highest BCUT2D eigenvalue weighted by molar-refractivity contribution is 5.53. The number of hydrogen-bond donors (Lipinski definition) is 0. The molecule has 0 rings (SSSR count). The first-order chi connectivity index (χ1) is 4.85. The highest BCUT2D eigenvalue weighted by Gasteiger charge is 2.02. The summed E-state index contributed by atoms with van der Waals surface area (Å²) in [7, 11) is 0. The zero-order valence-electron chi connectivity index (χ0n) is 6.47. The Morgan fingerprint density at radius 2 is 2.40 bits per heavy atom. The average Bonchev–Trinajstić information content (AvgIpc) is 1.98. The van der Waals surface area contributed by atoms with Crippen LogP contribution in [0.5, 0.6) is 0 Å². The van der Waals surface area contributed by atoms with Crippen LogP contribution >= 0.6 is 0 Å². The second kappa shape index (κ2) is 6.35. The lowest BCUT2D eigenvalue weighted by atomic mass is 10.0. The first-order valence-electron chi connectivity index (χ1n) is 3.73. The first kappa shape index (κ1) is 9.23. The van der Waals surface area contributed by atoms with Crippen LogP contribution in [0.15, 0.2) is 0 Å². The number of unbranched alkanes of at least 4 members (excludes halogenated alkanes) is 1. The molecule has 0 heterocycles. The zero-order valence-corrected chi connectivity index (χ0v) is 6.47. The van der Waals surface area contributed by atoms with E-state index in [-0.39, 0.29) is 5.92 Å². The quantitative estimate of drug-likeness (QED) is 0.419. The predicted molar refractivity (Wildman–Crippen MR) is 42.5 cm³/mol. The average molecular weight is 138 g/mol. The third-order valence-electron chi connectivity index (χ3n) is 1.50. The maximum atomic E-state index is 10.3. The number of carbonyl (C=O) groups is 1. The van der Waals surface area contributed by atoms with Gasteiger partial charge in [-0.05, 0) is 6.42 Å². The van der Waals surface area contributed by atoms with E-state index in [1.807, 2.05) is 0 Å². The summed E-state index contributed by atoms with van der Waals surface area (Å²) >= 11 is 0. The topological polar surface area (TPSA) is 17.1 Å². The van der Waals surface area contributed by atoms with E-state index in [2.05, 4.69) is 12.8 Å². The van der Waals surface area contributed by atoms with Crippen LogP contribution in [0.3, 0.4) is 0 Å². The fourth-order valence-electron chi connectivity index (χ4n) is 0.836. The molecular weight excluding hydrogens is 124 g/mol. The molecule has 1 atom stereocenters. The van der Waals surface area contributed by atoms with Crippen LogP contribution in [0.4, 0.5) is 0 Å². The van der Waals surface area contributed by atoms with E-state index >= 15 is 0 Å². The molecule has 0 aromatic heterocycles. The predicted octanol–water partition coefficient (Wildman–Crippen LogP) is 2.02. The molecule has 10 heavy (non-hydrogen) atoms. The summed E-state index contributed by atoms with van der Waals surface area (Å²) in [4.78, 5) is 10.3. The van der Waals surface area contributed by atoms with Gasteiger partial charge in [0.05, 0.1) is 0 Å².